The quantitative estimate of drug-likeness (QED) is 0.817. The lowest BCUT2D eigenvalue weighted by Crippen LogP contribution is -2.34. The summed E-state index contributed by atoms with van der Waals surface area (Å²) in [7, 11) is 0. The molecule has 0 bridgehead atoms. The van der Waals surface area contributed by atoms with Crippen LogP contribution in [0.1, 0.15) is 37.2 Å². The fourth-order valence-corrected chi connectivity index (χ4v) is 2.52. The van der Waals surface area contributed by atoms with E-state index in [-0.39, 0.29) is 5.69 Å². The van der Waals surface area contributed by atoms with Crippen LogP contribution in [0, 0.1) is 11.8 Å². The molecular weight excluding hydrogens is 232 g/mol. The minimum Gasteiger partial charge on any atom is -0.476 e. The molecule has 100 valence electrons. The van der Waals surface area contributed by atoms with E-state index >= 15 is 0 Å². The Labute approximate surface area is 106 Å². The van der Waals surface area contributed by atoms with Crippen molar-refractivity contribution < 1.29 is 9.90 Å². The van der Waals surface area contributed by atoms with Crippen LogP contribution in [0.15, 0.2) is 6.20 Å². The van der Waals surface area contributed by atoms with Crippen molar-refractivity contribution in [3.05, 3.63) is 11.9 Å². The Bertz CT molecular complexity index is 418. The summed E-state index contributed by atoms with van der Waals surface area (Å²) >= 11 is 0. The fourth-order valence-electron chi connectivity index (χ4n) is 2.52. The number of nitrogens with one attached hydrogen (secondary N) is 1. The predicted molar refractivity (Wildman–Crippen MR) is 66.3 cm³/mol. The molecule has 0 aromatic carbocycles. The Morgan fingerprint density at radius 1 is 1.56 bits per heavy atom. The summed E-state index contributed by atoms with van der Waals surface area (Å²) in [4.78, 5) is 10.6. The number of hydrogen-bond acceptors (Lipinski definition) is 4. The monoisotopic (exact) mass is 252 g/mol. The van der Waals surface area contributed by atoms with Gasteiger partial charge in [-0.2, -0.15) is 0 Å². The summed E-state index contributed by atoms with van der Waals surface area (Å²) in [5, 5.41) is 19.6. The van der Waals surface area contributed by atoms with Gasteiger partial charge in [-0.3, -0.25) is 4.68 Å². The average Bonchev–Trinajstić information content (AvgIpc) is 2.91. The molecule has 1 fully saturated rings. The Morgan fingerprint density at radius 3 is 2.89 bits per heavy atom. The van der Waals surface area contributed by atoms with Gasteiger partial charge in [-0.25, -0.2) is 4.79 Å². The third kappa shape index (κ3) is 2.87. The Kier molecular flexibility index (Phi) is 3.96. The highest BCUT2D eigenvalue weighted by Gasteiger charge is 2.28. The second-order valence-corrected chi connectivity index (χ2v) is 5.15. The third-order valence-corrected chi connectivity index (χ3v) is 3.97. The summed E-state index contributed by atoms with van der Waals surface area (Å²) in [6, 6.07) is 0.572. The maximum absolute atomic E-state index is 10.6. The van der Waals surface area contributed by atoms with E-state index in [9.17, 15) is 4.79 Å². The number of aromatic carboxylic acids is 1. The Morgan fingerprint density at radius 2 is 2.33 bits per heavy atom. The molecule has 2 rings (SSSR count). The molecule has 0 radical (unpaired) electrons. The molecule has 0 amide bonds. The first-order valence-corrected chi connectivity index (χ1v) is 6.44. The minimum absolute atomic E-state index is 0.00198. The maximum atomic E-state index is 10.6. The molecule has 2 N–H and O–H groups in total. The van der Waals surface area contributed by atoms with Gasteiger partial charge in [0.05, 0.1) is 12.7 Å². The van der Waals surface area contributed by atoms with E-state index in [0.717, 1.165) is 12.5 Å². The molecule has 6 nitrogen and oxygen atoms in total. The van der Waals surface area contributed by atoms with E-state index < -0.39 is 5.97 Å². The lowest BCUT2D eigenvalue weighted by Gasteiger charge is -2.19. The second kappa shape index (κ2) is 5.48. The van der Waals surface area contributed by atoms with Crippen molar-refractivity contribution in [2.24, 2.45) is 11.8 Å². The molecule has 1 aromatic rings. The van der Waals surface area contributed by atoms with Crippen molar-refractivity contribution in [1.82, 2.24) is 20.3 Å². The van der Waals surface area contributed by atoms with E-state index in [4.69, 9.17) is 5.11 Å². The first-order valence-electron chi connectivity index (χ1n) is 6.44. The van der Waals surface area contributed by atoms with Crippen molar-refractivity contribution >= 4 is 5.97 Å². The van der Waals surface area contributed by atoms with Crippen LogP contribution >= 0.6 is 0 Å². The number of carboxylic acid groups (broad SMARTS) is 1. The van der Waals surface area contributed by atoms with Gasteiger partial charge in [0, 0.05) is 12.6 Å². The molecular formula is C12H20N4O2. The highest BCUT2D eigenvalue weighted by atomic mass is 16.4. The molecule has 3 unspecified atom stereocenters. The Hall–Kier alpha value is -1.43. The van der Waals surface area contributed by atoms with Gasteiger partial charge in [-0.05, 0) is 24.7 Å². The van der Waals surface area contributed by atoms with Crippen LogP contribution in [0.2, 0.25) is 0 Å². The first-order chi connectivity index (χ1) is 8.58. The summed E-state index contributed by atoms with van der Waals surface area (Å²) < 4.78 is 1.57. The van der Waals surface area contributed by atoms with Gasteiger partial charge in [-0.15, -0.1) is 5.10 Å². The minimum atomic E-state index is -1.03. The first kappa shape index (κ1) is 13.0. The number of rotatable bonds is 5. The molecule has 18 heavy (non-hydrogen) atoms. The van der Waals surface area contributed by atoms with Gasteiger partial charge >= 0.3 is 5.97 Å². The molecule has 3 atom stereocenters. The smallest absolute Gasteiger partial charge is 0.358 e. The lowest BCUT2D eigenvalue weighted by atomic mass is 9.98. The maximum Gasteiger partial charge on any atom is 0.358 e. The van der Waals surface area contributed by atoms with Gasteiger partial charge < -0.3 is 10.4 Å². The van der Waals surface area contributed by atoms with Gasteiger partial charge in [0.15, 0.2) is 5.69 Å². The van der Waals surface area contributed by atoms with Gasteiger partial charge in [0.1, 0.15) is 0 Å². The normalized spacial score (nSPS) is 27.6. The van der Waals surface area contributed by atoms with Crippen molar-refractivity contribution in [3.63, 3.8) is 0 Å². The van der Waals surface area contributed by atoms with E-state index in [1.54, 1.807) is 4.68 Å². The number of nitrogens with zero attached hydrogens (tertiary/aromatic N) is 3. The zero-order valence-corrected chi connectivity index (χ0v) is 10.8. The molecule has 0 aliphatic heterocycles. The molecule has 1 saturated carbocycles. The topological polar surface area (TPSA) is 80.0 Å². The molecule has 1 heterocycles. The number of carbonyl (C=O) groups is 1. The summed E-state index contributed by atoms with van der Waals surface area (Å²) in [5.74, 6) is 0.454. The molecule has 0 saturated heterocycles. The average molecular weight is 252 g/mol. The van der Waals surface area contributed by atoms with Crippen LogP contribution in [0.5, 0.6) is 0 Å². The summed E-state index contributed by atoms with van der Waals surface area (Å²) in [6.07, 6.45) is 3.97. The molecule has 6 heteroatoms. The molecule has 1 aliphatic carbocycles. The largest absolute Gasteiger partial charge is 0.476 e. The van der Waals surface area contributed by atoms with E-state index in [1.165, 1.54) is 19.0 Å². The van der Waals surface area contributed by atoms with Crippen LogP contribution in [0.4, 0.5) is 0 Å². The van der Waals surface area contributed by atoms with Gasteiger partial charge in [0.25, 0.3) is 0 Å². The predicted octanol–water partition coefficient (Wildman–Crippen LogP) is 1.00. The molecule has 0 spiro atoms. The van der Waals surface area contributed by atoms with Crippen molar-refractivity contribution in [1.29, 1.82) is 0 Å². The lowest BCUT2D eigenvalue weighted by molar-refractivity contribution is 0.0690. The van der Waals surface area contributed by atoms with E-state index in [1.807, 2.05) is 0 Å². The van der Waals surface area contributed by atoms with Crippen molar-refractivity contribution in [3.8, 4) is 0 Å². The highest BCUT2D eigenvalue weighted by Crippen LogP contribution is 2.30. The van der Waals surface area contributed by atoms with Crippen LogP contribution in [-0.4, -0.2) is 38.7 Å². The summed E-state index contributed by atoms with van der Waals surface area (Å²) in [5.41, 5.74) is -0.00198. The molecule has 1 aliphatic rings. The standard InChI is InChI=1S/C12H20N4O2/c1-8-3-4-10(9(8)2)13-5-6-16-7-11(12(17)18)14-15-16/h7-10,13H,3-6H2,1-2H3,(H,17,18). The number of hydrogen-bond donors (Lipinski definition) is 2. The van der Waals surface area contributed by atoms with Crippen molar-refractivity contribution in [2.45, 2.75) is 39.3 Å². The van der Waals surface area contributed by atoms with Crippen molar-refractivity contribution in [2.75, 3.05) is 6.54 Å². The second-order valence-electron chi connectivity index (χ2n) is 5.15. The van der Waals surface area contributed by atoms with Crippen LogP contribution in [0.25, 0.3) is 0 Å². The fraction of sp³-hybridized carbons (Fsp3) is 0.750. The van der Waals surface area contributed by atoms with E-state index in [0.29, 0.717) is 18.5 Å². The zero-order valence-electron chi connectivity index (χ0n) is 10.8. The van der Waals surface area contributed by atoms with Gasteiger partial charge in [-0.1, -0.05) is 19.1 Å². The van der Waals surface area contributed by atoms with Crippen LogP contribution < -0.4 is 5.32 Å². The SMILES string of the molecule is CC1CCC(NCCn2cc(C(=O)O)nn2)C1C. The third-order valence-electron chi connectivity index (χ3n) is 3.97. The number of aromatic nitrogens is 3. The van der Waals surface area contributed by atoms with E-state index in [2.05, 4.69) is 29.5 Å². The molecule has 1 aromatic heterocycles. The Balaban J connectivity index is 1.76. The van der Waals surface area contributed by atoms with Gasteiger partial charge in [0.2, 0.25) is 0 Å². The summed E-state index contributed by atoms with van der Waals surface area (Å²) in [6.45, 7) is 6.03. The number of carboxylic acids is 1. The van der Waals surface area contributed by atoms with Crippen LogP contribution in [-0.2, 0) is 6.54 Å². The zero-order chi connectivity index (χ0) is 13.1. The highest BCUT2D eigenvalue weighted by molar-refractivity contribution is 5.84. The van der Waals surface area contributed by atoms with Crippen LogP contribution in [0.3, 0.4) is 0 Å².